The second kappa shape index (κ2) is 6.48. The fourth-order valence-corrected chi connectivity index (χ4v) is 1.94. The van der Waals surface area contributed by atoms with Gasteiger partial charge in [0.2, 0.25) is 0 Å². The maximum absolute atomic E-state index is 11.1. The Morgan fingerprint density at radius 2 is 2.00 bits per heavy atom. The zero-order chi connectivity index (χ0) is 13.6. The third-order valence-electron chi connectivity index (χ3n) is 2.31. The van der Waals surface area contributed by atoms with E-state index in [-0.39, 0.29) is 6.42 Å². The minimum Gasteiger partial charge on any atom is -0.479 e. The lowest BCUT2D eigenvalue weighted by Crippen LogP contribution is -2.32. The number of hydrogen-bond donors (Lipinski definition) is 2. The summed E-state index contributed by atoms with van der Waals surface area (Å²) in [4.78, 5) is 10.9. The molecule has 1 unspecified atom stereocenters. The van der Waals surface area contributed by atoms with Gasteiger partial charge in [-0.1, -0.05) is 30.3 Å². The molecule has 100 valence electrons. The molecule has 2 N–H and O–H groups in total. The first kappa shape index (κ1) is 14.6. The predicted molar refractivity (Wildman–Crippen MR) is 65.3 cm³/mol. The first-order chi connectivity index (χ1) is 8.44. The van der Waals surface area contributed by atoms with Crippen LogP contribution in [0.3, 0.4) is 0 Å². The zero-order valence-electron chi connectivity index (χ0n) is 9.87. The first-order valence-corrected chi connectivity index (χ1v) is 6.74. The molecule has 1 atom stereocenters. The highest BCUT2D eigenvalue weighted by molar-refractivity contribution is 7.84. The van der Waals surface area contributed by atoms with E-state index in [4.69, 9.17) is 5.11 Å². The largest absolute Gasteiger partial charge is 0.479 e. The molecule has 0 aliphatic heterocycles. The van der Waals surface area contributed by atoms with Crippen molar-refractivity contribution in [2.75, 3.05) is 7.05 Å². The average Bonchev–Trinajstić information content (AvgIpc) is 2.35. The van der Waals surface area contributed by atoms with Crippen molar-refractivity contribution in [3.63, 3.8) is 0 Å². The van der Waals surface area contributed by atoms with Crippen LogP contribution in [0, 0.1) is 0 Å². The number of aryl methyl sites for hydroxylation is 1. The number of hydrogen-bond acceptors (Lipinski definition) is 4. The molecular formula is C11H15NO5S. The fraction of sp³-hybridized carbons (Fsp3) is 0.364. The van der Waals surface area contributed by atoms with Crippen molar-refractivity contribution in [1.82, 2.24) is 4.72 Å². The van der Waals surface area contributed by atoms with E-state index in [1.165, 1.54) is 0 Å². The molecule has 0 radical (unpaired) electrons. The van der Waals surface area contributed by atoms with Crippen LogP contribution in [0.5, 0.6) is 0 Å². The van der Waals surface area contributed by atoms with Gasteiger partial charge >= 0.3 is 16.3 Å². The van der Waals surface area contributed by atoms with Crippen molar-refractivity contribution in [2.24, 2.45) is 0 Å². The maximum atomic E-state index is 11.1. The summed E-state index contributed by atoms with van der Waals surface area (Å²) in [7, 11) is -2.84. The molecule has 1 aromatic rings. The molecule has 0 aromatic heterocycles. The van der Waals surface area contributed by atoms with E-state index in [2.05, 4.69) is 4.18 Å². The van der Waals surface area contributed by atoms with Gasteiger partial charge in [0, 0.05) is 7.05 Å². The van der Waals surface area contributed by atoms with Crippen molar-refractivity contribution in [2.45, 2.75) is 18.9 Å². The van der Waals surface area contributed by atoms with Crippen molar-refractivity contribution >= 4 is 16.3 Å². The van der Waals surface area contributed by atoms with Crippen molar-refractivity contribution < 1.29 is 22.5 Å². The lowest BCUT2D eigenvalue weighted by molar-refractivity contribution is -0.145. The number of carboxylic acid groups (broad SMARTS) is 1. The summed E-state index contributed by atoms with van der Waals surface area (Å²) in [5.41, 5.74) is 0.925. The summed E-state index contributed by atoms with van der Waals surface area (Å²) >= 11 is 0. The molecule has 0 heterocycles. The van der Waals surface area contributed by atoms with Crippen LogP contribution < -0.4 is 4.72 Å². The van der Waals surface area contributed by atoms with Gasteiger partial charge in [0.15, 0.2) is 6.10 Å². The molecular weight excluding hydrogens is 258 g/mol. The van der Waals surface area contributed by atoms with Crippen LogP contribution in [0.25, 0.3) is 0 Å². The molecule has 1 rings (SSSR count). The Balaban J connectivity index is 2.62. The standard InChI is InChI=1S/C11H15NO5S/c1-12-18(15,16)17-10(11(13)14)8-7-9-5-3-2-4-6-9/h2-6,10,12H,7-8H2,1H3,(H,13,14). The lowest BCUT2D eigenvalue weighted by Gasteiger charge is -2.12. The van der Waals surface area contributed by atoms with E-state index in [1.807, 2.05) is 35.1 Å². The molecule has 0 fully saturated rings. The van der Waals surface area contributed by atoms with Crippen LogP contribution in [0.1, 0.15) is 12.0 Å². The minimum absolute atomic E-state index is 0.0836. The van der Waals surface area contributed by atoms with Gasteiger partial charge < -0.3 is 5.11 Å². The van der Waals surface area contributed by atoms with Crippen LogP contribution >= 0.6 is 0 Å². The minimum atomic E-state index is -4.00. The SMILES string of the molecule is CNS(=O)(=O)OC(CCc1ccccc1)C(=O)O. The van der Waals surface area contributed by atoms with Crippen LogP contribution in [-0.4, -0.2) is 32.6 Å². The van der Waals surface area contributed by atoms with Crippen molar-refractivity contribution in [3.8, 4) is 0 Å². The van der Waals surface area contributed by atoms with Crippen molar-refractivity contribution in [1.29, 1.82) is 0 Å². The van der Waals surface area contributed by atoms with Gasteiger partial charge in [-0.2, -0.15) is 13.1 Å². The lowest BCUT2D eigenvalue weighted by atomic mass is 10.1. The van der Waals surface area contributed by atoms with Crippen LogP contribution in [0.4, 0.5) is 0 Å². The number of carboxylic acids is 1. The molecule has 0 aliphatic carbocycles. The van der Waals surface area contributed by atoms with Crippen LogP contribution in [0.15, 0.2) is 30.3 Å². The number of benzene rings is 1. The highest BCUT2D eigenvalue weighted by Crippen LogP contribution is 2.09. The van der Waals surface area contributed by atoms with Crippen LogP contribution in [0.2, 0.25) is 0 Å². The summed E-state index contributed by atoms with van der Waals surface area (Å²) in [6, 6.07) is 9.18. The summed E-state index contributed by atoms with van der Waals surface area (Å²) in [5.74, 6) is -1.30. The highest BCUT2D eigenvalue weighted by Gasteiger charge is 2.24. The Labute approximate surface area is 106 Å². The Morgan fingerprint density at radius 3 is 2.50 bits per heavy atom. The van der Waals surface area contributed by atoms with Gasteiger partial charge in [-0.25, -0.2) is 8.98 Å². The predicted octanol–water partition coefficient (Wildman–Crippen LogP) is 0.553. The Morgan fingerprint density at radius 1 is 1.39 bits per heavy atom. The van der Waals surface area contributed by atoms with E-state index >= 15 is 0 Å². The number of carbonyl (C=O) groups is 1. The summed E-state index contributed by atoms with van der Waals surface area (Å²) in [6.07, 6.45) is -0.875. The Kier molecular flexibility index (Phi) is 5.26. The maximum Gasteiger partial charge on any atom is 0.336 e. The number of aliphatic carboxylic acids is 1. The molecule has 7 heteroatoms. The van der Waals surface area contributed by atoms with Gasteiger partial charge in [0.1, 0.15) is 0 Å². The average molecular weight is 273 g/mol. The Hall–Kier alpha value is -1.44. The smallest absolute Gasteiger partial charge is 0.336 e. The third-order valence-corrected chi connectivity index (χ3v) is 3.29. The molecule has 1 aromatic carbocycles. The van der Waals surface area contributed by atoms with Crippen molar-refractivity contribution in [3.05, 3.63) is 35.9 Å². The molecule has 0 bridgehead atoms. The van der Waals surface area contributed by atoms with Gasteiger partial charge in [0.25, 0.3) is 0 Å². The molecule has 18 heavy (non-hydrogen) atoms. The van der Waals surface area contributed by atoms with E-state index in [9.17, 15) is 13.2 Å². The molecule has 6 nitrogen and oxygen atoms in total. The molecule has 0 saturated heterocycles. The van der Waals surface area contributed by atoms with E-state index in [0.717, 1.165) is 12.6 Å². The van der Waals surface area contributed by atoms with Crippen LogP contribution in [-0.2, 0) is 25.7 Å². The molecule has 0 spiro atoms. The van der Waals surface area contributed by atoms with E-state index in [0.29, 0.717) is 6.42 Å². The quantitative estimate of drug-likeness (QED) is 0.757. The molecule has 0 amide bonds. The number of rotatable bonds is 7. The fourth-order valence-electron chi connectivity index (χ4n) is 1.36. The topological polar surface area (TPSA) is 92.7 Å². The summed E-state index contributed by atoms with van der Waals surface area (Å²) in [5, 5.41) is 8.89. The molecule has 0 aliphatic rings. The summed E-state index contributed by atoms with van der Waals surface area (Å²) in [6.45, 7) is 0. The van der Waals surface area contributed by atoms with E-state index < -0.39 is 22.4 Å². The monoisotopic (exact) mass is 273 g/mol. The highest BCUT2D eigenvalue weighted by atomic mass is 32.2. The summed E-state index contributed by atoms with van der Waals surface area (Å²) < 4.78 is 28.7. The Bertz CT molecular complexity index is 485. The third kappa shape index (κ3) is 4.82. The number of nitrogens with one attached hydrogen (secondary N) is 1. The first-order valence-electron chi connectivity index (χ1n) is 5.33. The van der Waals surface area contributed by atoms with Gasteiger partial charge in [-0.3, -0.25) is 0 Å². The van der Waals surface area contributed by atoms with Gasteiger partial charge in [-0.15, -0.1) is 0 Å². The van der Waals surface area contributed by atoms with Gasteiger partial charge in [0.05, 0.1) is 0 Å². The normalized spacial score (nSPS) is 13.2. The second-order valence-electron chi connectivity index (χ2n) is 3.61. The van der Waals surface area contributed by atoms with Gasteiger partial charge in [-0.05, 0) is 18.4 Å². The zero-order valence-corrected chi connectivity index (χ0v) is 10.7. The molecule has 0 saturated carbocycles. The second-order valence-corrected chi connectivity index (χ2v) is 5.11. The van der Waals surface area contributed by atoms with E-state index in [1.54, 1.807) is 0 Å².